The lowest BCUT2D eigenvalue weighted by Crippen LogP contribution is -2.36. The molecule has 0 aliphatic carbocycles. The predicted molar refractivity (Wildman–Crippen MR) is 84.1 cm³/mol. The van der Waals surface area contributed by atoms with Crippen LogP contribution >= 0.6 is 11.6 Å². The number of benzene rings is 1. The summed E-state index contributed by atoms with van der Waals surface area (Å²) < 4.78 is 23.3. The minimum absolute atomic E-state index is 0.128. The normalized spacial score (nSPS) is 12.0. The van der Waals surface area contributed by atoms with Gasteiger partial charge in [-0.2, -0.15) is 0 Å². The molecular formula is C16H18ClFN2O3. The maximum absolute atomic E-state index is 13.0. The highest BCUT2D eigenvalue weighted by Crippen LogP contribution is 2.20. The highest BCUT2D eigenvalue weighted by molar-refractivity contribution is 6.29. The van der Waals surface area contributed by atoms with E-state index in [4.69, 9.17) is 20.9 Å². The van der Waals surface area contributed by atoms with Gasteiger partial charge in [0.1, 0.15) is 18.2 Å². The van der Waals surface area contributed by atoms with Gasteiger partial charge in [0, 0.05) is 18.1 Å². The molecule has 0 saturated carbocycles. The lowest BCUT2D eigenvalue weighted by molar-refractivity contribution is -0.121. The second-order valence-corrected chi connectivity index (χ2v) is 5.60. The first kappa shape index (κ1) is 17.3. The molecule has 124 valence electrons. The van der Waals surface area contributed by atoms with Crippen molar-refractivity contribution >= 4 is 17.5 Å². The third-order valence-electron chi connectivity index (χ3n) is 3.24. The lowest BCUT2D eigenvalue weighted by atomic mass is 10.1. The van der Waals surface area contributed by atoms with Gasteiger partial charge in [0.25, 0.3) is 0 Å². The highest BCUT2D eigenvalue weighted by atomic mass is 35.5. The summed E-state index contributed by atoms with van der Waals surface area (Å²) in [4.78, 5) is 11.9. The zero-order chi connectivity index (χ0) is 16.8. The van der Waals surface area contributed by atoms with Crippen LogP contribution in [0.1, 0.15) is 24.6 Å². The summed E-state index contributed by atoms with van der Waals surface area (Å²) in [5, 5.41) is 6.77. The maximum Gasteiger partial charge on any atom is 0.229 e. The number of halogens is 2. The van der Waals surface area contributed by atoms with Crippen LogP contribution in [0.3, 0.4) is 0 Å². The summed E-state index contributed by atoms with van der Waals surface area (Å²) in [7, 11) is 0. The minimum Gasteiger partial charge on any atom is -0.491 e. The van der Waals surface area contributed by atoms with Crippen LogP contribution in [0.15, 0.2) is 28.8 Å². The topological polar surface area (TPSA) is 64.4 Å². The van der Waals surface area contributed by atoms with Gasteiger partial charge in [0.2, 0.25) is 11.1 Å². The van der Waals surface area contributed by atoms with E-state index in [1.165, 1.54) is 12.1 Å². The van der Waals surface area contributed by atoms with Crippen molar-refractivity contribution in [1.29, 1.82) is 0 Å². The van der Waals surface area contributed by atoms with Gasteiger partial charge in [0.15, 0.2) is 0 Å². The van der Waals surface area contributed by atoms with Gasteiger partial charge in [0.05, 0.1) is 11.7 Å². The monoisotopic (exact) mass is 340 g/mol. The van der Waals surface area contributed by atoms with E-state index in [2.05, 4.69) is 10.5 Å². The number of aromatic nitrogens is 1. The molecule has 23 heavy (non-hydrogen) atoms. The van der Waals surface area contributed by atoms with E-state index in [-0.39, 0.29) is 36.0 Å². The number of carbonyl (C=O) groups is 1. The van der Waals surface area contributed by atoms with Crippen molar-refractivity contribution in [3.63, 3.8) is 0 Å². The zero-order valence-electron chi connectivity index (χ0n) is 12.9. The van der Waals surface area contributed by atoms with Crippen LogP contribution in [0.2, 0.25) is 5.22 Å². The lowest BCUT2D eigenvalue weighted by Gasteiger charge is -2.15. The molecule has 0 saturated heterocycles. The van der Waals surface area contributed by atoms with E-state index in [9.17, 15) is 9.18 Å². The number of nitrogens with zero attached hydrogens (tertiary/aromatic N) is 1. The summed E-state index contributed by atoms with van der Waals surface area (Å²) >= 11 is 5.85. The van der Waals surface area contributed by atoms with Crippen LogP contribution in [0.5, 0.6) is 5.75 Å². The second kappa shape index (κ2) is 7.97. The minimum atomic E-state index is -0.361. The largest absolute Gasteiger partial charge is 0.491 e. The molecule has 0 spiro atoms. The van der Waals surface area contributed by atoms with E-state index in [1.54, 1.807) is 19.1 Å². The summed E-state index contributed by atoms with van der Waals surface area (Å²) in [5.74, 6) is -0.0601. The Hall–Kier alpha value is -2.08. The van der Waals surface area contributed by atoms with Crippen molar-refractivity contribution in [2.75, 3.05) is 6.61 Å². The quantitative estimate of drug-likeness (QED) is 0.840. The fourth-order valence-electron chi connectivity index (χ4n) is 2.05. The molecule has 0 unspecified atom stereocenters. The van der Waals surface area contributed by atoms with Gasteiger partial charge in [-0.25, -0.2) is 4.39 Å². The Labute approximate surface area is 138 Å². The van der Waals surface area contributed by atoms with E-state index in [1.807, 2.05) is 6.92 Å². The van der Waals surface area contributed by atoms with Crippen molar-refractivity contribution in [3.05, 3.63) is 46.6 Å². The molecule has 2 aromatic rings. The average molecular weight is 341 g/mol. The molecule has 1 aromatic heterocycles. The molecule has 2 rings (SSSR count). The average Bonchev–Trinajstić information content (AvgIpc) is 2.82. The molecule has 1 N–H and O–H groups in total. The first-order valence-electron chi connectivity index (χ1n) is 7.24. The molecule has 7 heteroatoms. The molecule has 1 aromatic carbocycles. The van der Waals surface area contributed by atoms with Crippen LogP contribution in [0.4, 0.5) is 4.39 Å². The van der Waals surface area contributed by atoms with Crippen molar-refractivity contribution in [2.45, 2.75) is 32.7 Å². The van der Waals surface area contributed by atoms with Gasteiger partial charge in [-0.1, -0.05) is 11.2 Å². The van der Waals surface area contributed by atoms with E-state index in [0.29, 0.717) is 17.9 Å². The molecular weight excluding hydrogens is 323 g/mol. The molecule has 1 amide bonds. The van der Waals surface area contributed by atoms with Gasteiger partial charge >= 0.3 is 0 Å². The Bertz CT molecular complexity index is 656. The summed E-state index contributed by atoms with van der Waals surface area (Å²) in [5.41, 5.74) is 1.43. The number of ether oxygens (including phenoxy) is 1. The highest BCUT2D eigenvalue weighted by Gasteiger charge is 2.14. The number of rotatable bonds is 7. The molecule has 0 aliphatic rings. The maximum atomic E-state index is 13.0. The van der Waals surface area contributed by atoms with Crippen molar-refractivity contribution in [1.82, 2.24) is 10.5 Å². The van der Waals surface area contributed by atoms with Gasteiger partial charge in [-0.15, -0.1) is 0 Å². The van der Waals surface area contributed by atoms with Gasteiger partial charge in [-0.3, -0.25) is 4.79 Å². The van der Waals surface area contributed by atoms with E-state index in [0.717, 1.165) is 5.56 Å². The number of carbonyl (C=O) groups excluding carboxylic acids is 1. The Balaban J connectivity index is 1.74. The van der Waals surface area contributed by atoms with Gasteiger partial charge < -0.3 is 14.6 Å². The molecule has 0 radical (unpaired) electrons. The van der Waals surface area contributed by atoms with E-state index >= 15 is 0 Å². The standard InChI is InChI=1S/C16H18ClFN2O3/c1-10(9-22-13-5-3-4-12(18)8-13)19-15(21)7-6-14-11(2)20-23-16(14)17/h3-5,8,10H,6-7,9H2,1-2H3,(H,19,21)/t10-/m0/s1. The van der Waals surface area contributed by atoms with Crippen LogP contribution in [0, 0.1) is 12.7 Å². The molecule has 0 fully saturated rings. The van der Waals surface area contributed by atoms with Gasteiger partial charge in [-0.05, 0) is 44.0 Å². The van der Waals surface area contributed by atoms with Crippen LogP contribution in [-0.4, -0.2) is 23.7 Å². The molecule has 1 atom stereocenters. The third-order valence-corrected chi connectivity index (χ3v) is 3.54. The molecule has 1 heterocycles. The molecule has 0 aliphatic heterocycles. The Kier molecular flexibility index (Phi) is 5.98. The number of nitrogens with one attached hydrogen (secondary N) is 1. The van der Waals surface area contributed by atoms with Crippen molar-refractivity contribution in [2.24, 2.45) is 0 Å². The SMILES string of the molecule is Cc1noc(Cl)c1CCC(=O)N[C@@H](C)COc1cccc(F)c1. The van der Waals surface area contributed by atoms with E-state index < -0.39 is 0 Å². The Morgan fingerprint density at radius 3 is 2.96 bits per heavy atom. The fraction of sp³-hybridized carbons (Fsp3) is 0.375. The number of hydrogen-bond donors (Lipinski definition) is 1. The third kappa shape index (κ3) is 5.25. The second-order valence-electron chi connectivity index (χ2n) is 5.26. The predicted octanol–water partition coefficient (Wildman–Crippen LogP) is 3.29. The Morgan fingerprint density at radius 2 is 2.30 bits per heavy atom. The van der Waals surface area contributed by atoms with Crippen molar-refractivity contribution < 1.29 is 18.4 Å². The number of aryl methyl sites for hydroxylation is 1. The van der Waals surface area contributed by atoms with Crippen LogP contribution in [0.25, 0.3) is 0 Å². The molecule has 0 bridgehead atoms. The summed E-state index contributed by atoms with van der Waals surface area (Å²) in [6.07, 6.45) is 0.726. The molecule has 5 nitrogen and oxygen atoms in total. The first-order chi connectivity index (χ1) is 11.0. The van der Waals surface area contributed by atoms with Crippen molar-refractivity contribution in [3.8, 4) is 5.75 Å². The number of hydrogen-bond acceptors (Lipinski definition) is 4. The summed E-state index contributed by atoms with van der Waals surface area (Å²) in [6.45, 7) is 3.84. The van der Waals surface area contributed by atoms with Crippen LogP contribution < -0.4 is 10.1 Å². The number of amides is 1. The smallest absolute Gasteiger partial charge is 0.229 e. The summed E-state index contributed by atoms with van der Waals surface area (Å²) in [6, 6.07) is 5.67. The zero-order valence-corrected chi connectivity index (χ0v) is 13.7. The van der Waals surface area contributed by atoms with Crippen LogP contribution in [-0.2, 0) is 11.2 Å². The first-order valence-corrected chi connectivity index (χ1v) is 7.62. The fourth-order valence-corrected chi connectivity index (χ4v) is 2.31. The Morgan fingerprint density at radius 1 is 1.52 bits per heavy atom.